The van der Waals surface area contributed by atoms with Gasteiger partial charge in [0.25, 0.3) is 5.91 Å². The van der Waals surface area contributed by atoms with Crippen molar-refractivity contribution in [1.29, 1.82) is 0 Å². The van der Waals surface area contributed by atoms with E-state index in [-0.39, 0.29) is 87.9 Å². The number of hydrogen-bond donors (Lipinski definition) is 5. The maximum absolute atomic E-state index is 13.1. The summed E-state index contributed by atoms with van der Waals surface area (Å²) in [5.41, 5.74) is 1.73. The third kappa shape index (κ3) is 17.3. The fraction of sp³-hybridized carbons (Fsp3) is 0.500. The van der Waals surface area contributed by atoms with Crippen molar-refractivity contribution in [2.75, 3.05) is 14.1 Å². The first-order valence-corrected chi connectivity index (χ1v) is 18.7. The molecule has 0 aliphatic carbocycles. The SMILES string of the molecule is CCC(CCC(=O)NC(CCC(=O)O)C(=O)O)C(=O)CC(CCC(=O)NC(CCC(=O)OCc1ccc(COc2ncccc2C(=O)N(C)C)cc1)C(=O)O)C(C)=O. The highest BCUT2D eigenvalue weighted by Gasteiger charge is 2.28. The maximum Gasteiger partial charge on any atom is 0.326 e. The molecule has 58 heavy (non-hydrogen) atoms. The number of nitrogens with zero attached hydrogens (tertiary/aromatic N) is 2. The number of esters is 1. The number of nitrogens with one attached hydrogen (secondary N) is 2. The van der Waals surface area contributed by atoms with Crippen molar-refractivity contribution in [3.8, 4) is 5.88 Å². The number of aromatic nitrogens is 1. The molecular weight excluding hydrogens is 760 g/mol. The van der Waals surface area contributed by atoms with Crippen molar-refractivity contribution in [3.63, 3.8) is 0 Å². The number of benzene rings is 1. The molecule has 0 saturated carbocycles. The highest BCUT2D eigenvalue weighted by atomic mass is 16.5. The summed E-state index contributed by atoms with van der Waals surface area (Å²) in [5.74, 6) is -8.33. The summed E-state index contributed by atoms with van der Waals surface area (Å²) in [6.07, 6.45) is -0.246. The number of Topliss-reactive ketones (excluding diaryl/α,β-unsaturated/α-hetero) is 2. The second-order valence-corrected chi connectivity index (χ2v) is 13.9. The van der Waals surface area contributed by atoms with E-state index >= 15 is 0 Å². The first-order chi connectivity index (χ1) is 27.4. The van der Waals surface area contributed by atoms with E-state index in [0.717, 1.165) is 5.56 Å². The van der Waals surface area contributed by atoms with E-state index in [2.05, 4.69) is 15.6 Å². The van der Waals surface area contributed by atoms with Crippen LogP contribution in [0, 0.1) is 11.8 Å². The molecule has 2 rings (SSSR count). The molecule has 0 aliphatic heterocycles. The lowest BCUT2D eigenvalue weighted by atomic mass is 9.86. The van der Waals surface area contributed by atoms with E-state index in [9.17, 15) is 53.4 Å². The molecular formula is C40H52N4O14. The second-order valence-electron chi connectivity index (χ2n) is 13.9. The zero-order chi connectivity index (χ0) is 43.4. The van der Waals surface area contributed by atoms with E-state index < -0.39 is 66.0 Å². The molecule has 4 unspecified atom stereocenters. The van der Waals surface area contributed by atoms with Crippen LogP contribution < -0.4 is 15.4 Å². The number of hydrogen-bond acceptors (Lipinski definition) is 12. The number of carboxylic acids is 3. The second kappa shape index (κ2) is 24.4. The molecule has 4 atom stereocenters. The molecule has 18 nitrogen and oxygen atoms in total. The largest absolute Gasteiger partial charge is 0.481 e. The van der Waals surface area contributed by atoms with Crippen LogP contribution in [-0.4, -0.2) is 105 Å². The van der Waals surface area contributed by atoms with E-state index in [1.165, 1.54) is 18.0 Å². The van der Waals surface area contributed by atoms with Gasteiger partial charge in [-0.05, 0) is 62.3 Å². The molecule has 3 amide bonds. The van der Waals surface area contributed by atoms with Gasteiger partial charge in [-0.3, -0.25) is 33.6 Å². The van der Waals surface area contributed by atoms with Crippen LogP contribution in [0.25, 0.3) is 0 Å². The molecule has 0 radical (unpaired) electrons. The van der Waals surface area contributed by atoms with Gasteiger partial charge in [0.15, 0.2) is 0 Å². The number of carbonyl (C=O) groups is 9. The predicted molar refractivity (Wildman–Crippen MR) is 204 cm³/mol. The van der Waals surface area contributed by atoms with Gasteiger partial charge in [0, 0.05) is 64.2 Å². The number of ketones is 2. The number of carbonyl (C=O) groups excluding carboxylic acids is 6. The molecule has 0 aliphatic rings. The highest BCUT2D eigenvalue weighted by Crippen LogP contribution is 2.22. The molecule has 0 bridgehead atoms. The Balaban J connectivity index is 1.81. The Morgan fingerprint density at radius 3 is 1.76 bits per heavy atom. The number of aliphatic carboxylic acids is 3. The predicted octanol–water partition coefficient (Wildman–Crippen LogP) is 2.94. The summed E-state index contributed by atoms with van der Waals surface area (Å²) < 4.78 is 11.0. The lowest BCUT2D eigenvalue weighted by molar-refractivity contribution is -0.147. The molecule has 18 heteroatoms. The van der Waals surface area contributed by atoms with Crippen LogP contribution in [0.3, 0.4) is 0 Å². The lowest BCUT2D eigenvalue weighted by Crippen LogP contribution is -2.41. The third-order valence-corrected chi connectivity index (χ3v) is 9.17. The average molecular weight is 813 g/mol. The fourth-order valence-electron chi connectivity index (χ4n) is 5.67. The molecule has 316 valence electrons. The van der Waals surface area contributed by atoms with Gasteiger partial charge < -0.3 is 40.3 Å². The van der Waals surface area contributed by atoms with Gasteiger partial charge in [0.05, 0.1) is 0 Å². The van der Waals surface area contributed by atoms with Crippen LogP contribution in [-0.2, 0) is 56.3 Å². The molecule has 0 fully saturated rings. The van der Waals surface area contributed by atoms with Crippen molar-refractivity contribution < 1.29 is 67.9 Å². The summed E-state index contributed by atoms with van der Waals surface area (Å²) in [4.78, 5) is 115. The van der Waals surface area contributed by atoms with Crippen LogP contribution in [0.4, 0.5) is 0 Å². The minimum atomic E-state index is -1.43. The van der Waals surface area contributed by atoms with E-state index in [1.807, 2.05) is 0 Å². The van der Waals surface area contributed by atoms with Crippen molar-refractivity contribution in [1.82, 2.24) is 20.5 Å². The van der Waals surface area contributed by atoms with Gasteiger partial charge in [-0.2, -0.15) is 0 Å². The number of ether oxygens (including phenoxy) is 2. The normalized spacial score (nSPS) is 12.8. The van der Waals surface area contributed by atoms with Gasteiger partial charge in [-0.1, -0.05) is 31.2 Å². The number of rotatable bonds is 27. The number of amides is 3. The number of carboxylic acid groups (broad SMARTS) is 3. The Labute approximate surface area is 335 Å². The Hall–Kier alpha value is -6.20. The van der Waals surface area contributed by atoms with Gasteiger partial charge in [0.2, 0.25) is 17.7 Å². The Morgan fingerprint density at radius 2 is 1.26 bits per heavy atom. The number of pyridine rings is 1. The van der Waals surface area contributed by atoms with E-state index in [1.54, 1.807) is 57.4 Å². The van der Waals surface area contributed by atoms with Crippen LogP contribution in [0.5, 0.6) is 5.88 Å². The topological polar surface area (TPSA) is 273 Å². The Morgan fingerprint density at radius 1 is 0.724 bits per heavy atom. The molecule has 5 N–H and O–H groups in total. The van der Waals surface area contributed by atoms with Crippen LogP contribution >= 0.6 is 0 Å². The molecule has 1 aromatic heterocycles. The molecule has 0 saturated heterocycles. The average Bonchev–Trinajstić information content (AvgIpc) is 3.17. The quantitative estimate of drug-likeness (QED) is 0.0812. The first-order valence-electron chi connectivity index (χ1n) is 18.7. The van der Waals surface area contributed by atoms with Gasteiger partial charge in [-0.15, -0.1) is 0 Å². The summed E-state index contributed by atoms with van der Waals surface area (Å²) in [7, 11) is 3.25. The summed E-state index contributed by atoms with van der Waals surface area (Å²) >= 11 is 0. The van der Waals surface area contributed by atoms with Crippen LogP contribution in [0.1, 0.15) is 99.5 Å². The zero-order valence-corrected chi connectivity index (χ0v) is 33.1. The molecule has 1 aromatic carbocycles. The van der Waals surface area contributed by atoms with E-state index in [0.29, 0.717) is 17.5 Å². The lowest BCUT2D eigenvalue weighted by Gasteiger charge is -2.19. The van der Waals surface area contributed by atoms with Crippen molar-refractivity contribution in [2.24, 2.45) is 11.8 Å². The highest BCUT2D eigenvalue weighted by molar-refractivity contribution is 5.96. The van der Waals surface area contributed by atoms with Crippen LogP contribution in [0.2, 0.25) is 0 Å². The fourth-order valence-corrected chi connectivity index (χ4v) is 5.67. The van der Waals surface area contributed by atoms with Gasteiger partial charge >= 0.3 is 23.9 Å². The summed E-state index contributed by atoms with van der Waals surface area (Å²) in [6, 6.07) is 7.36. The zero-order valence-electron chi connectivity index (χ0n) is 33.1. The summed E-state index contributed by atoms with van der Waals surface area (Å²) in [5, 5.41) is 32.3. The Kier molecular flexibility index (Phi) is 20.2. The summed E-state index contributed by atoms with van der Waals surface area (Å²) in [6.45, 7) is 3.00. The minimum absolute atomic E-state index is 0.0540. The van der Waals surface area contributed by atoms with Crippen LogP contribution in [0.15, 0.2) is 42.6 Å². The standard InChI is InChI=1S/C40H52N4O14/c1-5-27(12-16-33(47)42-30(39(53)54)14-18-35(49)50)32(46)21-28(24(2)45)13-17-34(48)43-31(40(55)56)15-19-36(51)57-22-25-8-10-26(11-9-25)23-58-37-29(7-6-20-41-37)38(52)44(3)4/h6-11,20,27-28,30-31H,5,12-19,21-23H2,1-4H3,(H,42,47)(H,43,48)(H,49,50)(H,53,54)(H,55,56). The van der Waals surface area contributed by atoms with E-state index in [4.69, 9.17) is 14.6 Å². The monoisotopic (exact) mass is 812 g/mol. The first kappa shape index (κ1) is 48.0. The van der Waals surface area contributed by atoms with Crippen molar-refractivity contribution in [3.05, 3.63) is 59.3 Å². The maximum atomic E-state index is 13.1. The van der Waals surface area contributed by atoms with Crippen molar-refractivity contribution >= 4 is 53.2 Å². The van der Waals surface area contributed by atoms with Gasteiger partial charge in [-0.25, -0.2) is 14.6 Å². The smallest absolute Gasteiger partial charge is 0.326 e. The molecule has 2 aromatic rings. The van der Waals surface area contributed by atoms with Gasteiger partial charge in [0.1, 0.15) is 42.4 Å². The molecule has 1 heterocycles. The molecule has 0 spiro atoms. The third-order valence-electron chi connectivity index (χ3n) is 9.17. The Bertz CT molecular complexity index is 1780. The minimum Gasteiger partial charge on any atom is -0.481 e. The van der Waals surface area contributed by atoms with Crippen molar-refractivity contribution in [2.45, 2.75) is 103 Å².